The van der Waals surface area contributed by atoms with Gasteiger partial charge in [0.1, 0.15) is 0 Å². The molecule has 1 aromatic carbocycles. The number of benzene rings is 1. The molecule has 2 heterocycles. The molecule has 2 N–H and O–H groups in total. The van der Waals surface area contributed by atoms with Crippen molar-refractivity contribution in [1.29, 1.82) is 0 Å². The first-order valence-electron chi connectivity index (χ1n) is 9.89. The van der Waals surface area contributed by atoms with E-state index in [-0.39, 0.29) is 5.91 Å². The van der Waals surface area contributed by atoms with Crippen molar-refractivity contribution in [3.05, 3.63) is 58.9 Å². The fraction of sp³-hybridized carbons (Fsp3) is 0.409. The van der Waals surface area contributed by atoms with E-state index in [1.54, 1.807) is 18.0 Å². The Hall–Kier alpha value is -2.93. The molecule has 0 atom stereocenters. The number of nitrogens with two attached hydrogens (primary N) is 1. The van der Waals surface area contributed by atoms with Gasteiger partial charge in [0, 0.05) is 45.3 Å². The number of urea groups is 1. The minimum atomic E-state index is -0.499. The third-order valence-corrected chi connectivity index (χ3v) is 5.44. The first-order valence-corrected chi connectivity index (χ1v) is 9.89. The van der Waals surface area contributed by atoms with Gasteiger partial charge in [-0.3, -0.25) is 19.6 Å². The van der Waals surface area contributed by atoms with Crippen molar-refractivity contribution < 1.29 is 9.59 Å². The lowest BCUT2D eigenvalue weighted by molar-refractivity contribution is -0.130. The Balaban J connectivity index is 1.72. The van der Waals surface area contributed by atoms with E-state index in [9.17, 15) is 9.59 Å². The Morgan fingerprint density at radius 3 is 2.41 bits per heavy atom. The minimum absolute atomic E-state index is 0.138. The highest BCUT2D eigenvalue weighted by Gasteiger charge is 2.19. The van der Waals surface area contributed by atoms with Crippen LogP contribution in [0.2, 0.25) is 0 Å². The van der Waals surface area contributed by atoms with E-state index in [2.05, 4.69) is 28.1 Å². The Labute approximate surface area is 172 Å². The highest BCUT2D eigenvalue weighted by Crippen LogP contribution is 2.20. The number of hydrogen-bond donors (Lipinski definition) is 1. The molecule has 0 unspecified atom stereocenters. The lowest BCUT2D eigenvalue weighted by Crippen LogP contribution is -2.47. The summed E-state index contributed by atoms with van der Waals surface area (Å²) < 4.78 is 0. The summed E-state index contributed by atoms with van der Waals surface area (Å²) in [4.78, 5) is 33.6. The van der Waals surface area contributed by atoms with Crippen LogP contribution in [0.5, 0.6) is 0 Å². The van der Waals surface area contributed by atoms with Crippen LogP contribution in [-0.2, 0) is 17.9 Å². The number of carbonyl (C=O) groups is 2. The molecular weight excluding hydrogens is 366 g/mol. The summed E-state index contributed by atoms with van der Waals surface area (Å²) in [6.45, 7) is 10.1. The summed E-state index contributed by atoms with van der Waals surface area (Å²) in [5.41, 5.74) is 10.6. The van der Waals surface area contributed by atoms with Crippen LogP contribution in [-0.4, -0.2) is 52.9 Å². The quantitative estimate of drug-likeness (QED) is 0.843. The third kappa shape index (κ3) is 5.32. The molecule has 0 spiro atoms. The zero-order valence-electron chi connectivity index (χ0n) is 17.4. The normalized spacial score (nSPS) is 14.7. The van der Waals surface area contributed by atoms with E-state index in [1.165, 1.54) is 5.56 Å². The molecule has 1 aliphatic heterocycles. The zero-order chi connectivity index (χ0) is 21.0. The number of aryl methyl sites for hydroxylation is 2. The number of pyridine rings is 1. The predicted octanol–water partition coefficient (Wildman–Crippen LogP) is 2.45. The largest absolute Gasteiger partial charge is 0.351 e. The van der Waals surface area contributed by atoms with Gasteiger partial charge >= 0.3 is 6.03 Å². The minimum Gasteiger partial charge on any atom is -0.351 e. The number of anilines is 1. The molecule has 154 valence electrons. The molecule has 7 nitrogen and oxygen atoms in total. The van der Waals surface area contributed by atoms with E-state index in [0.717, 1.165) is 49.5 Å². The van der Waals surface area contributed by atoms with Crippen LogP contribution >= 0.6 is 0 Å². The number of piperazine rings is 1. The van der Waals surface area contributed by atoms with Crippen molar-refractivity contribution in [3.8, 4) is 0 Å². The highest BCUT2D eigenvalue weighted by molar-refractivity contribution is 5.90. The van der Waals surface area contributed by atoms with Crippen molar-refractivity contribution in [2.75, 3.05) is 31.1 Å². The number of nitrogens with zero attached hydrogens (tertiary/aromatic N) is 4. The molecule has 0 saturated carbocycles. The van der Waals surface area contributed by atoms with Crippen molar-refractivity contribution >= 4 is 17.6 Å². The van der Waals surface area contributed by atoms with Crippen LogP contribution in [0.4, 0.5) is 10.5 Å². The molecule has 0 radical (unpaired) electrons. The Morgan fingerprint density at radius 1 is 1.10 bits per heavy atom. The molecule has 2 aromatic rings. The van der Waals surface area contributed by atoms with Crippen molar-refractivity contribution in [1.82, 2.24) is 14.8 Å². The van der Waals surface area contributed by atoms with Gasteiger partial charge in [-0.25, -0.2) is 4.79 Å². The number of hydrogen-bond acceptors (Lipinski definition) is 4. The molecule has 3 amide bonds. The van der Waals surface area contributed by atoms with Gasteiger partial charge in [0.2, 0.25) is 5.91 Å². The standard InChI is InChI=1S/C22H29N5O2/c1-16-4-6-19(14-25-8-10-26(11-9-25)18(3)28)12-20(16)15-27(22(23)29)21-7-5-17(2)24-13-21/h4-7,12-13H,8-11,14-15H2,1-3H3,(H2,23,29). The third-order valence-electron chi connectivity index (χ3n) is 5.44. The first kappa shape index (κ1) is 20.8. The second kappa shape index (κ2) is 9.05. The summed E-state index contributed by atoms with van der Waals surface area (Å²) in [6, 6.07) is 9.59. The van der Waals surface area contributed by atoms with Gasteiger partial charge in [0.25, 0.3) is 0 Å². The second-order valence-electron chi connectivity index (χ2n) is 7.63. The fourth-order valence-corrected chi connectivity index (χ4v) is 3.56. The van der Waals surface area contributed by atoms with Gasteiger partial charge in [-0.1, -0.05) is 18.2 Å². The monoisotopic (exact) mass is 395 g/mol. The zero-order valence-corrected chi connectivity index (χ0v) is 17.4. The molecular formula is C22H29N5O2. The van der Waals surface area contributed by atoms with Crippen LogP contribution in [0, 0.1) is 13.8 Å². The lowest BCUT2D eigenvalue weighted by Gasteiger charge is -2.34. The van der Waals surface area contributed by atoms with Crippen LogP contribution in [0.3, 0.4) is 0 Å². The van der Waals surface area contributed by atoms with Crippen molar-refractivity contribution in [2.45, 2.75) is 33.9 Å². The van der Waals surface area contributed by atoms with Crippen LogP contribution in [0.1, 0.15) is 29.3 Å². The maximum atomic E-state index is 12.1. The van der Waals surface area contributed by atoms with Crippen LogP contribution in [0.15, 0.2) is 36.5 Å². The van der Waals surface area contributed by atoms with Gasteiger partial charge in [0.15, 0.2) is 0 Å². The first-order chi connectivity index (χ1) is 13.8. The van der Waals surface area contributed by atoms with Gasteiger partial charge in [-0.2, -0.15) is 0 Å². The van der Waals surface area contributed by atoms with E-state index in [1.807, 2.05) is 30.9 Å². The number of aromatic nitrogens is 1. The van der Waals surface area contributed by atoms with E-state index in [0.29, 0.717) is 12.2 Å². The fourth-order valence-electron chi connectivity index (χ4n) is 3.56. The molecule has 1 saturated heterocycles. The Kier molecular flexibility index (Phi) is 6.49. The molecule has 3 rings (SSSR count). The molecule has 0 aliphatic carbocycles. The van der Waals surface area contributed by atoms with Gasteiger partial charge in [0.05, 0.1) is 18.4 Å². The van der Waals surface area contributed by atoms with Crippen LogP contribution in [0.25, 0.3) is 0 Å². The van der Waals surface area contributed by atoms with Crippen LogP contribution < -0.4 is 10.6 Å². The topological polar surface area (TPSA) is 82.8 Å². The molecule has 29 heavy (non-hydrogen) atoms. The molecule has 1 aliphatic rings. The number of primary amides is 1. The van der Waals surface area contributed by atoms with E-state index >= 15 is 0 Å². The average molecular weight is 396 g/mol. The second-order valence-corrected chi connectivity index (χ2v) is 7.63. The molecule has 7 heteroatoms. The SMILES string of the molecule is CC(=O)N1CCN(Cc2ccc(C)c(CN(C(N)=O)c3ccc(C)nc3)c2)CC1. The summed E-state index contributed by atoms with van der Waals surface area (Å²) in [5.74, 6) is 0.138. The summed E-state index contributed by atoms with van der Waals surface area (Å²) in [7, 11) is 0. The smallest absolute Gasteiger partial charge is 0.319 e. The predicted molar refractivity (Wildman–Crippen MR) is 113 cm³/mol. The van der Waals surface area contributed by atoms with Gasteiger partial charge < -0.3 is 10.6 Å². The lowest BCUT2D eigenvalue weighted by atomic mass is 10.0. The Morgan fingerprint density at radius 2 is 1.83 bits per heavy atom. The van der Waals surface area contributed by atoms with E-state index in [4.69, 9.17) is 5.73 Å². The maximum absolute atomic E-state index is 12.1. The van der Waals surface area contributed by atoms with Crippen molar-refractivity contribution in [3.63, 3.8) is 0 Å². The number of carbonyl (C=O) groups excluding carboxylic acids is 2. The van der Waals surface area contributed by atoms with Crippen molar-refractivity contribution in [2.24, 2.45) is 5.73 Å². The Bertz CT molecular complexity index is 873. The maximum Gasteiger partial charge on any atom is 0.319 e. The highest BCUT2D eigenvalue weighted by atomic mass is 16.2. The number of rotatable bonds is 5. The molecule has 0 bridgehead atoms. The van der Waals surface area contributed by atoms with Gasteiger partial charge in [-0.15, -0.1) is 0 Å². The molecule has 1 aromatic heterocycles. The van der Waals surface area contributed by atoms with E-state index < -0.39 is 6.03 Å². The summed E-state index contributed by atoms with van der Waals surface area (Å²) >= 11 is 0. The number of amides is 3. The summed E-state index contributed by atoms with van der Waals surface area (Å²) in [5, 5.41) is 0. The molecule has 1 fully saturated rings. The van der Waals surface area contributed by atoms with Gasteiger partial charge in [-0.05, 0) is 42.7 Å². The average Bonchev–Trinajstić information content (AvgIpc) is 2.69. The summed E-state index contributed by atoms with van der Waals surface area (Å²) in [6.07, 6.45) is 1.67.